The summed E-state index contributed by atoms with van der Waals surface area (Å²) < 4.78 is 1.78. The molecular formula is C13H16N4OS. The number of aromatic nitrogens is 2. The second-order valence-corrected chi connectivity index (χ2v) is 5.90. The molecule has 100 valence electrons. The number of aliphatic hydroxyl groups is 1. The third-order valence-corrected chi connectivity index (χ3v) is 3.52. The minimum atomic E-state index is -0.399. The van der Waals surface area contributed by atoms with Gasteiger partial charge in [0.25, 0.3) is 0 Å². The van der Waals surface area contributed by atoms with Gasteiger partial charge in [-0.25, -0.2) is 4.98 Å². The first-order chi connectivity index (χ1) is 8.95. The summed E-state index contributed by atoms with van der Waals surface area (Å²) in [5.41, 5.74) is 1.96. The van der Waals surface area contributed by atoms with Crippen molar-refractivity contribution in [3.8, 4) is 17.3 Å². The summed E-state index contributed by atoms with van der Waals surface area (Å²) in [5.74, 6) is 0. The second-order valence-electron chi connectivity index (χ2n) is 5.04. The van der Waals surface area contributed by atoms with Gasteiger partial charge in [0.05, 0.1) is 17.8 Å². The van der Waals surface area contributed by atoms with Crippen LogP contribution in [0.15, 0.2) is 17.6 Å². The third kappa shape index (κ3) is 2.95. The normalized spacial score (nSPS) is 11.3. The minimum absolute atomic E-state index is 0.0336. The lowest BCUT2D eigenvalue weighted by molar-refractivity contribution is 0.234. The van der Waals surface area contributed by atoms with Gasteiger partial charge < -0.3 is 15.0 Å². The minimum Gasteiger partial charge on any atom is -0.394 e. The molecule has 0 aliphatic carbocycles. The molecule has 0 unspecified atom stereocenters. The Morgan fingerprint density at radius 2 is 2.32 bits per heavy atom. The highest BCUT2D eigenvalue weighted by Crippen LogP contribution is 2.27. The average Bonchev–Trinajstić information content (AvgIpc) is 2.95. The number of anilines is 1. The molecule has 0 aliphatic rings. The average molecular weight is 276 g/mol. The molecule has 0 fully saturated rings. The number of aliphatic hydroxyl groups excluding tert-OH is 1. The van der Waals surface area contributed by atoms with E-state index in [0.29, 0.717) is 5.69 Å². The predicted molar refractivity (Wildman–Crippen MR) is 76.0 cm³/mol. The largest absolute Gasteiger partial charge is 0.394 e. The maximum Gasteiger partial charge on any atom is 0.183 e. The van der Waals surface area contributed by atoms with Gasteiger partial charge in [0, 0.05) is 24.2 Å². The van der Waals surface area contributed by atoms with Gasteiger partial charge in [-0.3, -0.25) is 0 Å². The summed E-state index contributed by atoms with van der Waals surface area (Å²) in [5, 5.41) is 24.0. The SMILES string of the molecule is Cn1cc(-c2csc(NC(C)(C)CO)n2)cc1C#N. The molecule has 5 nitrogen and oxygen atoms in total. The van der Waals surface area contributed by atoms with Crippen LogP contribution in [-0.4, -0.2) is 26.8 Å². The Bertz CT molecular complexity index is 621. The number of nitriles is 1. The first-order valence-electron chi connectivity index (χ1n) is 5.86. The van der Waals surface area contributed by atoms with Crippen LogP contribution in [0.5, 0.6) is 0 Å². The van der Waals surface area contributed by atoms with Crippen LogP contribution in [0, 0.1) is 11.3 Å². The van der Waals surface area contributed by atoms with E-state index in [-0.39, 0.29) is 6.61 Å². The number of hydrogen-bond donors (Lipinski definition) is 2. The van der Waals surface area contributed by atoms with Crippen LogP contribution in [-0.2, 0) is 7.05 Å². The number of aryl methyl sites for hydroxylation is 1. The monoisotopic (exact) mass is 276 g/mol. The van der Waals surface area contributed by atoms with E-state index >= 15 is 0 Å². The highest BCUT2D eigenvalue weighted by Gasteiger charge is 2.18. The van der Waals surface area contributed by atoms with Crippen LogP contribution in [0.25, 0.3) is 11.3 Å². The van der Waals surface area contributed by atoms with Gasteiger partial charge in [0.2, 0.25) is 0 Å². The summed E-state index contributed by atoms with van der Waals surface area (Å²) >= 11 is 1.48. The molecule has 0 saturated carbocycles. The quantitative estimate of drug-likeness (QED) is 0.898. The molecule has 2 N–H and O–H groups in total. The van der Waals surface area contributed by atoms with Gasteiger partial charge in [-0.05, 0) is 19.9 Å². The van der Waals surface area contributed by atoms with Crippen LogP contribution in [0.3, 0.4) is 0 Å². The standard InChI is InChI=1S/C13H16N4OS/c1-13(2,8-18)16-12-15-11(7-19-12)9-4-10(5-14)17(3)6-9/h4,6-7,18H,8H2,1-3H3,(H,15,16). The Labute approximate surface area is 116 Å². The van der Waals surface area contributed by atoms with Crippen LogP contribution in [0.1, 0.15) is 19.5 Å². The fourth-order valence-corrected chi connectivity index (χ4v) is 2.51. The Morgan fingerprint density at radius 1 is 1.58 bits per heavy atom. The van der Waals surface area contributed by atoms with Crippen LogP contribution in [0.2, 0.25) is 0 Å². The van der Waals surface area contributed by atoms with Crippen molar-refractivity contribution >= 4 is 16.5 Å². The number of nitrogens with zero attached hydrogens (tertiary/aromatic N) is 3. The van der Waals surface area contributed by atoms with Crippen molar-refractivity contribution in [1.82, 2.24) is 9.55 Å². The van der Waals surface area contributed by atoms with Gasteiger partial charge in [0.1, 0.15) is 11.8 Å². The van der Waals surface area contributed by atoms with Crippen LogP contribution >= 0.6 is 11.3 Å². The molecule has 0 amide bonds. The number of rotatable bonds is 4. The molecule has 6 heteroatoms. The summed E-state index contributed by atoms with van der Waals surface area (Å²) in [4.78, 5) is 4.48. The fraction of sp³-hybridized carbons (Fsp3) is 0.385. The van der Waals surface area contributed by atoms with Crippen molar-refractivity contribution in [2.45, 2.75) is 19.4 Å². The summed E-state index contributed by atoms with van der Waals surface area (Å²) in [7, 11) is 1.84. The van der Waals surface area contributed by atoms with Gasteiger partial charge in [-0.1, -0.05) is 0 Å². The Hall–Kier alpha value is -1.84. The van der Waals surface area contributed by atoms with E-state index in [1.807, 2.05) is 38.5 Å². The van der Waals surface area contributed by atoms with E-state index in [4.69, 9.17) is 5.26 Å². The number of nitrogens with one attached hydrogen (secondary N) is 1. The molecule has 0 radical (unpaired) electrons. The number of hydrogen-bond acceptors (Lipinski definition) is 5. The Balaban J connectivity index is 2.24. The van der Waals surface area contributed by atoms with Gasteiger partial charge in [0.15, 0.2) is 5.13 Å². The van der Waals surface area contributed by atoms with E-state index in [1.54, 1.807) is 4.57 Å². The van der Waals surface area contributed by atoms with Crippen LogP contribution < -0.4 is 5.32 Å². The molecule has 2 aromatic rings. The zero-order valence-corrected chi connectivity index (χ0v) is 12.0. The van der Waals surface area contributed by atoms with E-state index in [1.165, 1.54) is 11.3 Å². The number of thiazole rings is 1. The molecule has 0 saturated heterocycles. The lowest BCUT2D eigenvalue weighted by Crippen LogP contribution is -2.34. The highest BCUT2D eigenvalue weighted by atomic mass is 32.1. The van der Waals surface area contributed by atoms with Crippen molar-refractivity contribution in [1.29, 1.82) is 5.26 Å². The van der Waals surface area contributed by atoms with E-state index in [9.17, 15) is 5.11 Å². The highest BCUT2D eigenvalue weighted by molar-refractivity contribution is 7.14. The molecule has 2 aromatic heterocycles. The lowest BCUT2D eigenvalue weighted by atomic mass is 10.1. The van der Waals surface area contributed by atoms with E-state index in [2.05, 4.69) is 16.4 Å². The Morgan fingerprint density at radius 3 is 2.89 bits per heavy atom. The van der Waals surface area contributed by atoms with Crippen molar-refractivity contribution in [3.63, 3.8) is 0 Å². The molecule has 19 heavy (non-hydrogen) atoms. The predicted octanol–water partition coefficient (Wildman–Crippen LogP) is 2.20. The molecular weight excluding hydrogens is 260 g/mol. The molecule has 0 aliphatic heterocycles. The smallest absolute Gasteiger partial charge is 0.183 e. The molecule has 0 spiro atoms. The van der Waals surface area contributed by atoms with Gasteiger partial charge >= 0.3 is 0 Å². The summed E-state index contributed by atoms with van der Waals surface area (Å²) in [6.45, 7) is 3.85. The van der Waals surface area contributed by atoms with Crippen molar-refractivity contribution in [2.24, 2.45) is 7.05 Å². The molecule has 2 rings (SSSR count). The Kier molecular flexibility index (Phi) is 3.60. The van der Waals surface area contributed by atoms with Crippen molar-refractivity contribution in [2.75, 3.05) is 11.9 Å². The first kappa shape index (κ1) is 13.6. The first-order valence-corrected chi connectivity index (χ1v) is 6.74. The molecule has 0 aromatic carbocycles. The molecule has 0 bridgehead atoms. The molecule has 0 atom stereocenters. The third-order valence-electron chi connectivity index (χ3n) is 2.76. The zero-order chi connectivity index (χ0) is 14.0. The van der Waals surface area contributed by atoms with Crippen molar-refractivity contribution < 1.29 is 5.11 Å². The zero-order valence-electron chi connectivity index (χ0n) is 11.1. The van der Waals surface area contributed by atoms with Gasteiger partial charge in [-0.15, -0.1) is 11.3 Å². The topological polar surface area (TPSA) is 73.9 Å². The summed E-state index contributed by atoms with van der Waals surface area (Å²) in [6, 6.07) is 3.94. The fourth-order valence-electron chi connectivity index (χ4n) is 1.61. The van der Waals surface area contributed by atoms with E-state index < -0.39 is 5.54 Å². The van der Waals surface area contributed by atoms with Gasteiger partial charge in [-0.2, -0.15) is 5.26 Å². The maximum atomic E-state index is 9.23. The van der Waals surface area contributed by atoms with E-state index in [0.717, 1.165) is 16.4 Å². The second kappa shape index (κ2) is 5.03. The maximum absolute atomic E-state index is 9.23. The lowest BCUT2D eigenvalue weighted by Gasteiger charge is -2.22. The molecule has 2 heterocycles. The summed E-state index contributed by atoms with van der Waals surface area (Å²) in [6.07, 6.45) is 1.88. The van der Waals surface area contributed by atoms with Crippen molar-refractivity contribution in [3.05, 3.63) is 23.3 Å². The van der Waals surface area contributed by atoms with Crippen LogP contribution in [0.4, 0.5) is 5.13 Å².